The summed E-state index contributed by atoms with van der Waals surface area (Å²) in [6.45, 7) is 4.33. The van der Waals surface area contributed by atoms with Gasteiger partial charge in [0.2, 0.25) is 0 Å². The van der Waals surface area contributed by atoms with Crippen molar-refractivity contribution < 1.29 is 9.59 Å². The van der Waals surface area contributed by atoms with Gasteiger partial charge in [-0.15, -0.1) is 0 Å². The Labute approximate surface area is 122 Å². The van der Waals surface area contributed by atoms with E-state index in [-0.39, 0.29) is 5.91 Å². The summed E-state index contributed by atoms with van der Waals surface area (Å²) in [4.78, 5) is 36.0. The Bertz CT molecular complexity index is 497. The highest BCUT2D eigenvalue weighted by atomic mass is 32.2. The first-order valence-corrected chi connectivity index (χ1v) is 8.03. The molecule has 1 fully saturated rings. The molecule has 3 aliphatic rings. The van der Waals surface area contributed by atoms with Crippen LogP contribution in [0.15, 0.2) is 9.98 Å². The number of imide groups is 1. The molecule has 1 saturated heterocycles. The molecule has 0 N–H and O–H groups in total. The fraction of sp³-hybridized carbons (Fsp3) is 0.692. The van der Waals surface area contributed by atoms with E-state index in [2.05, 4.69) is 14.9 Å². The van der Waals surface area contributed by atoms with Crippen LogP contribution in [0.4, 0.5) is 4.79 Å². The van der Waals surface area contributed by atoms with E-state index in [1.807, 2.05) is 6.92 Å². The molecular formula is C13H18N4O2S. The SMILES string of the molecule is CCCN1C(=O)N=C2N=C(N3CCCCC3)SC2C1=O. The number of likely N-dealkylation sites (tertiary alicyclic amines) is 1. The zero-order valence-electron chi connectivity index (χ0n) is 11.5. The highest BCUT2D eigenvalue weighted by Crippen LogP contribution is 2.31. The van der Waals surface area contributed by atoms with Gasteiger partial charge >= 0.3 is 6.03 Å². The maximum atomic E-state index is 12.3. The molecule has 0 aliphatic carbocycles. The summed E-state index contributed by atoms with van der Waals surface area (Å²) < 4.78 is 0. The summed E-state index contributed by atoms with van der Waals surface area (Å²) in [6.07, 6.45) is 4.32. The van der Waals surface area contributed by atoms with E-state index in [4.69, 9.17) is 0 Å². The van der Waals surface area contributed by atoms with Gasteiger partial charge in [0.15, 0.2) is 16.3 Å². The Hall–Kier alpha value is -1.37. The molecule has 1 unspecified atom stereocenters. The highest BCUT2D eigenvalue weighted by Gasteiger charge is 2.43. The van der Waals surface area contributed by atoms with Crippen molar-refractivity contribution in [3.05, 3.63) is 0 Å². The number of carbonyl (C=O) groups excluding carboxylic acids is 2. The molecule has 0 saturated carbocycles. The van der Waals surface area contributed by atoms with E-state index in [1.165, 1.54) is 23.1 Å². The lowest BCUT2D eigenvalue weighted by molar-refractivity contribution is -0.126. The second-order valence-corrected chi connectivity index (χ2v) is 6.25. The van der Waals surface area contributed by atoms with Crippen molar-refractivity contribution in [2.45, 2.75) is 37.9 Å². The minimum Gasteiger partial charge on any atom is -0.351 e. The number of amides is 3. The van der Waals surface area contributed by atoms with Gasteiger partial charge in [0.1, 0.15) is 0 Å². The second kappa shape index (κ2) is 5.55. The summed E-state index contributed by atoms with van der Waals surface area (Å²) >= 11 is 1.44. The Kier molecular flexibility index (Phi) is 3.78. The predicted octanol–water partition coefficient (Wildman–Crippen LogP) is 1.71. The highest BCUT2D eigenvalue weighted by molar-refractivity contribution is 8.16. The van der Waals surface area contributed by atoms with E-state index < -0.39 is 11.3 Å². The van der Waals surface area contributed by atoms with Gasteiger partial charge in [-0.2, -0.15) is 4.99 Å². The molecule has 0 spiro atoms. The van der Waals surface area contributed by atoms with Gasteiger partial charge in [-0.3, -0.25) is 9.69 Å². The van der Waals surface area contributed by atoms with Crippen LogP contribution in [0.3, 0.4) is 0 Å². The lowest BCUT2D eigenvalue weighted by Crippen LogP contribution is -2.47. The standard InChI is InChI=1S/C13H18N4O2S/c1-2-6-17-11(18)9-10(14-12(17)19)15-13(20-9)16-7-4-3-5-8-16/h9H,2-8H2,1H3. The number of aliphatic imine (C=N–C) groups is 2. The topological polar surface area (TPSA) is 65.3 Å². The monoisotopic (exact) mass is 294 g/mol. The number of carbonyl (C=O) groups is 2. The van der Waals surface area contributed by atoms with E-state index in [0.717, 1.165) is 37.5 Å². The normalized spacial score (nSPS) is 26.6. The number of hydrogen-bond donors (Lipinski definition) is 0. The molecule has 0 aromatic heterocycles. The Morgan fingerprint density at radius 3 is 2.65 bits per heavy atom. The van der Waals surface area contributed by atoms with Gasteiger partial charge in [0, 0.05) is 19.6 Å². The van der Waals surface area contributed by atoms with Crippen LogP contribution in [0.5, 0.6) is 0 Å². The molecule has 0 radical (unpaired) electrons. The van der Waals surface area contributed by atoms with Crippen molar-refractivity contribution in [2.24, 2.45) is 9.98 Å². The molecule has 3 rings (SSSR count). The average Bonchev–Trinajstić information content (AvgIpc) is 2.88. The minimum absolute atomic E-state index is 0.164. The number of amidine groups is 2. The van der Waals surface area contributed by atoms with Gasteiger partial charge in [0.05, 0.1) is 0 Å². The fourth-order valence-corrected chi connectivity index (χ4v) is 3.77. The van der Waals surface area contributed by atoms with E-state index in [1.54, 1.807) is 0 Å². The summed E-state index contributed by atoms with van der Waals surface area (Å²) in [5, 5.41) is 0.434. The molecule has 1 atom stereocenters. The summed E-state index contributed by atoms with van der Waals surface area (Å²) in [5.74, 6) is 0.223. The largest absolute Gasteiger partial charge is 0.352 e. The number of nitrogens with zero attached hydrogens (tertiary/aromatic N) is 4. The number of urea groups is 1. The first-order chi connectivity index (χ1) is 9.70. The van der Waals surface area contributed by atoms with E-state index in [0.29, 0.717) is 12.4 Å². The van der Waals surface area contributed by atoms with Crippen molar-refractivity contribution in [3.8, 4) is 0 Å². The number of piperidine rings is 1. The molecule has 20 heavy (non-hydrogen) atoms. The third-order valence-corrected chi connectivity index (χ3v) is 4.88. The van der Waals surface area contributed by atoms with Crippen LogP contribution in [-0.2, 0) is 4.79 Å². The third-order valence-electron chi connectivity index (χ3n) is 3.67. The number of rotatable bonds is 2. The van der Waals surface area contributed by atoms with E-state index >= 15 is 0 Å². The third kappa shape index (κ3) is 2.34. The molecule has 3 aliphatic heterocycles. The number of hydrogen-bond acceptors (Lipinski definition) is 5. The van der Waals surface area contributed by atoms with Crippen LogP contribution in [-0.4, -0.2) is 57.6 Å². The van der Waals surface area contributed by atoms with Gasteiger partial charge in [-0.25, -0.2) is 9.79 Å². The Morgan fingerprint density at radius 1 is 1.20 bits per heavy atom. The van der Waals surface area contributed by atoms with Gasteiger partial charge in [0.25, 0.3) is 5.91 Å². The van der Waals surface area contributed by atoms with Crippen LogP contribution in [0.25, 0.3) is 0 Å². The van der Waals surface area contributed by atoms with E-state index in [9.17, 15) is 9.59 Å². The maximum absolute atomic E-state index is 12.3. The van der Waals surface area contributed by atoms with Crippen molar-refractivity contribution in [2.75, 3.05) is 19.6 Å². The molecule has 0 aromatic carbocycles. The van der Waals surface area contributed by atoms with Crippen LogP contribution in [0, 0.1) is 0 Å². The van der Waals surface area contributed by atoms with Crippen LogP contribution >= 0.6 is 11.8 Å². The lowest BCUT2D eigenvalue weighted by Gasteiger charge is -2.28. The zero-order valence-corrected chi connectivity index (χ0v) is 12.4. The maximum Gasteiger partial charge on any atom is 0.352 e. The summed E-state index contributed by atoms with van der Waals surface area (Å²) in [7, 11) is 0. The average molecular weight is 294 g/mol. The molecule has 108 valence electrons. The molecule has 3 heterocycles. The summed E-state index contributed by atoms with van der Waals surface area (Å²) in [5.41, 5.74) is 0. The van der Waals surface area contributed by atoms with Crippen LogP contribution in [0.1, 0.15) is 32.6 Å². The van der Waals surface area contributed by atoms with Gasteiger partial charge in [-0.05, 0) is 25.7 Å². The van der Waals surface area contributed by atoms with Crippen LogP contribution < -0.4 is 0 Å². The first kappa shape index (κ1) is 13.6. The summed E-state index contributed by atoms with van der Waals surface area (Å²) in [6, 6.07) is -0.465. The van der Waals surface area contributed by atoms with Crippen LogP contribution in [0.2, 0.25) is 0 Å². The van der Waals surface area contributed by atoms with Gasteiger partial charge in [-0.1, -0.05) is 18.7 Å². The quantitative estimate of drug-likeness (QED) is 0.777. The molecular weight excluding hydrogens is 276 g/mol. The zero-order chi connectivity index (χ0) is 14.1. The Morgan fingerprint density at radius 2 is 1.95 bits per heavy atom. The predicted molar refractivity (Wildman–Crippen MR) is 79.1 cm³/mol. The molecule has 3 amide bonds. The van der Waals surface area contributed by atoms with Crippen molar-refractivity contribution in [1.82, 2.24) is 9.80 Å². The second-order valence-electron chi connectivity index (χ2n) is 5.18. The minimum atomic E-state index is -0.465. The fourth-order valence-electron chi connectivity index (χ4n) is 2.64. The molecule has 0 aromatic rings. The smallest absolute Gasteiger partial charge is 0.351 e. The van der Waals surface area contributed by atoms with Gasteiger partial charge < -0.3 is 4.90 Å². The van der Waals surface area contributed by atoms with Crippen molar-refractivity contribution in [3.63, 3.8) is 0 Å². The number of fused-ring (bicyclic) bond motifs is 1. The Balaban J connectivity index is 1.78. The lowest BCUT2D eigenvalue weighted by atomic mass is 10.1. The molecule has 7 heteroatoms. The molecule has 6 nitrogen and oxygen atoms in total. The van der Waals surface area contributed by atoms with Crippen molar-refractivity contribution >= 4 is 34.7 Å². The van der Waals surface area contributed by atoms with Crippen molar-refractivity contribution in [1.29, 1.82) is 0 Å². The number of thioether (sulfide) groups is 1. The first-order valence-electron chi connectivity index (χ1n) is 7.15. The molecule has 0 bridgehead atoms.